The van der Waals surface area contributed by atoms with Crippen molar-refractivity contribution in [3.8, 4) is 5.75 Å². The van der Waals surface area contributed by atoms with Gasteiger partial charge in [0, 0.05) is 13.1 Å². The van der Waals surface area contributed by atoms with E-state index in [1.807, 2.05) is 18.2 Å². The molecule has 0 radical (unpaired) electrons. The number of ether oxygens (including phenoxy) is 1. The van der Waals surface area contributed by atoms with Crippen molar-refractivity contribution in [2.75, 3.05) is 13.7 Å². The van der Waals surface area contributed by atoms with Crippen LogP contribution in [0.15, 0.2) is 23.4 Å². The van der Waals surface area contributed by atoms with E-state index in [4.69, 9.17) is 15.7 Å². The minimum Gasteiger partial charge on any atom is -0.496 e. The highest BCUT2D eigenvalue weighted by atomic mass is 16.5. The number of hydrogen-bond acceptors (Lipinski definition) is 4. The van der Waals surface area contributed by atoms with Crippen LogP contribution in [0.5, 0.6) is 5.75 Å². The van der Waals surface area contributed by atoms with Crippen molar-refractivity contribution in [3.63, 3.8) is 0 Å². The SMILES string of the molecule is COc1ccc(CNCC2(C(C)C)CC2)cc1/C(N)=N/O. The molecule has 0 spiro atoms. The van der Waals surface area contributed by atoms with Crippen molar-refractivity contribution >= 4 is 5.84 Å². The second-order valence-electron chi connectivity index (χ2n) is 6.14. The summed E-state index contributed by atoms with van der Waals surface area (Å²) in [5, 5.41) is 15.4. The van der Waals surface area contributed by atoms with Crippen molar-refractivity contribution in [1.29, 1.82) is 0 Å². The van der Waals surface area contributed by atoms with Crippen LogP contribution in [-0.2, 0) is 6.54 Å². The summed E-state index contributed by atoms with van der Waals surface area (Å²) < 4.78 is 5.23. The Morgan fingerprint density at radius 1 is 1.48 bits per heavy atom. The molecule has 0 amide bonds. The Kier molecular flexibility index (Phi) is 4.73. The molecule has 0 aromatic heterocycles. The first kappa shape index (κ1) is 15.6. The molecule has 4 N–H and O–H groups in total. The zero-order valence-electron chi connectivity index (χ0n) is 13.0. The smallest absolute Gasteiger partial charge is 0.173 e. The van der Waals surface area contributed by atoms with Gasteiger partial charge in [-0.2, -0.15) is 0 Å². The maximum absolute atomic E-state index is 8.84. The van der Waals surface area contributed by atoms with E-state index in [1.165, 1.54) is 12.8 Å². The van der Waals surface area contributed by atoms with Crippen molar-refractivity contribution in [2.24, 2.45) is 22.2 Å². The quantitative estimate of drug-likeness (QED) is 0.312. The van der Waals surface area contributed by atoms with Crippen LogP contribution in [0.4, 0.5) is 0 Å². The van der Waals surface area contributed by atoms with Crippen LogP contribution < -0.4 is 15.8 Å². The molecular weight excluding hydrogens is 266 g/mol. The van der Waals surface area contributed by atoms with Gasteiger partial charge in [0.2, 0.25) is 0 Å². The topological polar surface area (TPSA) is 79.9 Å². The number of oxime groups is 1. The number of methoxy groups -OCH3 is 1. The van der Waals surface area contributed by atoms with E-state index in [1.54, 1.807) is 7.11 Å². The second-order valence-corrected chi connectivity index (χ2v) is 6.14. The number of nitrogens with two attached hydrogens (primary N) is 1. The van der Waals surface area contributed by atoms with Crippen LogP contribution in [0.3, 0.4) is 0 Å². The normalized spacial score (nSPS) is 17.0. The predicted molar refractivity (Wildman–Crippen MR) is 83.7 cm³/mol. The van der Waals surface area contributed by atoms with Gasteiger partial charge in [-0.05, 0) is 41.9 Å². The summed E-state index contributed by atoms with van der Waals surface area (Å²) in [6.07, 6.45) is 2.63. The van der Waals surface area contributed by atoms with Gasteiger partial charge in [-0.25, -0.2) is 0 Å². The first-order valence-corrected chi connectivity index (χ1v) is 7.38. The molecule has 1 aliphatic carbocycles. The Balaban J connectivity index is 2.01. The molecule has 2 rings (SSSR count). The summed E-state index contributed by atoms with van der Waals surface area (Å²) in [4.78, 5) is 0. The largest absolute Gasteiger partial charge is 0.496 e. The third-order valence-corrected chi connectivity index (χ3v) is 4.57. The number of amidine groups is 1. The first-order chi connectivity index (χ1) is 10.0. The molecule has 1 aromatic carbocycles. The van der Waals surface area contributed by atoms with Crippen LogP contribution in [0, 0.1) is 11.3 Å². The molecule has 0 aliphatic heterocycles. The standard InChI is InChI=1S/C16H25N3O2/c1-11(2)16(6-7-16)10-18-9-12-4-5-14(21-3)13(8-12)15(17)19-20/h4-5,8,11,18,20H,6-7,9-10H2,1-3H3,(H2,17,19). The zero-order valence-corrected chi connectivity index (χ0v) is 13.0. The van der Waals surface area contributed by atoms with Gasteiger partial charge in [-0.3, -0.25) is 0 Å². The van der Waals surface area contributed by atoms with E-state index in [2.05, 4.69) is 24.3 Å². The Bertz CT molecular complexity index is 522. The Labute approximate surface area is 126 Å². The minimum absolute atomic E-state index is 0.0644. The molecule has 0 bridgehead atoms. The lowest BCUT2D eigenvalue weighted by Gasteiger charge is -2.20. The molecule has 0 unspecified atom stereocenters. The van der Waals surface area contributed by atoms with E-state index in [9.17, 15) is 0 Å². The van der Waals surface area contributed by atoms with Gasteiger partial charge < -0.3 is 21.0 Å². The van der Waals surface area contributed by atoms with E-state index in [0.29, 0.717) is 22.6 Å². The van der Waals surface area contributed by atoms with Gasteiger partial charge in [-0.15, -0.1) is 0 Å². The van der Waals surface area contributed by atoms with E-state index in [-0.39, 0.29) is 5.84 Å². The van der Waals surface area contributed by atoms with Gasteiger partial charge >= 0.3 is 0 Å². The van der Waals surface area contributed by atoms with Crippen molar-refractivity contribution < 1.29 is 9.94 Å². The fourth-order valence-corrected chi connectivity index (χ4v) is 2.69. The average molecular weight is 291 g/mol. The molecule has 21 heavy (non-hydrogen) atoms. The Morgan fingerprint density at radius 3 is 2.71 bits per heavy atom. The number of nitrogens with one attached hydrogen (secondary N) is 1. The van der Waals surface area contributed by atoms with Gasteiger partial charge in [0.15, 0.2) is 5.84 Å². The van der Waals surface area contributed by atoms with Crippen LogP contribution in [0.1, 0.15) is 37.8 Å². The molecule has 0 heterocycles. The molecular formula is C16H25N3O2. The highest BCUT2D eigenvalue weighted by Gasteiger charge is 2.44. The summed E-state index contributed by atoms with van der Waals surface area (Å²) in [5.74, 6) is 1.39. The predicted octanol–water partition coefficient (Wildman–Crippen LogP) is 2.32. The molecule has 5 nitrogen and oxygen atoms in total. The minimum atomic E-state index is 0.0644. The highest BCUT2D eigenvalue weighted by Crippen LogP contribution is 2.51. The van der Waals surface area contributed by atoms with Gasteiger partial charge in [0.05, 0.1) is 12.7 Å². The molecule has 116 valence electrons. The molecule has 1 saturated carbocycles. The van der Waals surface area contributed by atoms with Gasteiger partial charge in [-0.1, -0.05) is 25.1 Å². The maximum atomic E-state index is 8.84. The summed E-state index contributed by atoms with van der Waals surface area (Å²) in [5.41, 5.74) is 7.88. The molecule has 0 saturated heterocycles. The molecule has 1 aliphatic rings. The van der Waals surface area contributed by atoms with Crippen molar-refractivity contribution in [2.45, 2.75) is 33.2 Å². The number of benzene rings is 1. The van der Waals surface area contributed by atoms with E-state index < -0.39 is 0 Å². The fourth-order valence-electron chi connectivity index (χ4n) is 2.69. The lowest BCUT2D eigenvalue weighted by molar-refractivity contribution is 0.318. The van der Waals surface area contributed by atoms with Crippen molar-refractivity contribution in [3.05, 3.63) is 29.3 Å². The molecule has 0 atom stereocenters. The Hall–Kier alpha value is -1.75. The number of hydrogen-bond donors (Lipinski definition) is 3. The lowest BCUT2D eigenvalue weighted by atomic mass is 9.92. The number of nitrogens with zero attached hydrogens (tertiary/aromatic N) is 1. The van der Waals surface area contributed by atoms with Gasteiger partial charge in [0.1, 0.15) is 5.75 Å². The van der Waals surface area contributed by atoms with Crippen molar-refractivity contribution in [1.82, 2.24) is 5.32 Å². The zero-order chi connectivity index (χ0) is 15.5. The van der Waals surface area contributed by atoms with Crippen LogP contribution in [0.2, 0.25) is 0 Å². The summed E-state index contributed by atoms with van der Waals surface area (Å²) in [6, 6.07) is 5.74. The fraction of sp³-hybridized carbons (Fsp3) is 0.562. The lowest BCUT2D eigenvalue weighted by Crippen LogP contribution is -2.27. The summed E-state index contributed by atoms with van der Waals surface area (Å²) in [6.45, 7) is 6.39. The molecule has 5 heteroatoms. The van der Waals surface area contributed by atoms with Gasteiger partial charge in [0.25, 0.3) is 0 Å². The van der Waals surface area contributed by atoms with Crippen LogP contribution >= 0.6 is 0 Å². The highest BCUT2D eigenvalue weighted by molar-refractivity contribution is 5.99. The maximum Gasteiger partial charge on any atom is 0.173 e. The summed E-state index contributed by atoms with van der Waals surface area (Å²) in [7, 11) is 1.57. The monoisotopic (exact) mass is 291 g/mol. The first-order valence-electron chi connectivity index (χ1n) is 7.38. The summed E-state index contributed by atoms with van der Waals surface area (Å²) >= 11 is 0. The van der Waals surface area contributed by atoms with E-state index >= 15 is 0 Å². The number of rotatable bonds is 7. The molecule has 1 aromatic rings. The average Bonchev–Trinajstić information content (AvgIpc) is 3.27. The third-order valence-electron chi connectivity index (χ3n) is 4.57. The molecule has 1 fully saturated rings. The van der Waals surface area contributed by atoms with Crippen LogP contribution in [0.25, 0.3) is 0 Å². The Morgan fingerprint density at radius 2 is 2.19 bits per heavy atom. The third kappa shape index (κ3) is 3.47. The second kappa shape index (κ2) is 6.35. The van der Waals surface area contributed by atoms with E-state index in [0.717, 1.165) is 18.7 Å². The van der Waals surface area contributed by atoms with Crippen LogP contribution in [-0.4, -0.2) is 24.7 Å².